The Hall–Kier alpha value is -1.88. The number of nitrogens with zero attached hydrogens (tertiary/aromatic N) is 1. The molecule has 0 unspecified atom stereocenters. The van der Waals surface area contributed by atoms with Crippen molar-refractivity contribution in [2.24, 2.45) is 0 Å². The van der Waals surface area contributed by atoms with Gasteiger partial charge in [-0.25, -0.2) is 0 Å². The second kappa shape index (κ2) is 8.83. The highest BCUT2D eigenvalue weighted by Crippen LogP contribution is 2.21. The van der Waals surface area contributed by atoms with Crippen LogP contribution in [0.2, 0.25) is 0 Å². The van der Waals surface area contributed by atoms with Gasteiger partial charge >= 0.3 is 0 Å². The van der Waals surface area contributed by atoms with Gasteiger partial charge in [-0.3, -0.25) is 9.59 Å². The molecule has 1 fully saturated rings. The largest absolute Gasteiger partial charge is 0.496 e. The van der Waals surface area contributed by atoms with Crippen LogP contribution in [0.25, 0.3) is 0 Å². The van der Waals surface area contributed by atoms with Gasteiger partial charge in [-0.2, -0.15) is 0 Å². The maximum absolute atomic E-state index is 12.4. The van der Waals surface area contributed by atoms with Crippen LogP contribution in [-0.4, -0.2) is 49.4 Å². The van der Waals surface area contributed by atoms with Gasteiger partial charge in [0, 0.05) is 23.7 Å². The van der Waals surface area contributed by atoms with Crippen molar-refractivity contribution in [1.82, 2.24) is 10.2 Å². The highest BCUT2D eigenvalue weighted by atomic mass is 16.5. The Bertz CT molecular complexity index is 580. The third-order valence-electron chi connectivity index (χ3n) is 4.57. The van der Waals surface area contributed by atoms with Gasteiger partial charge in [0.15, 0.2) is 5.78 Å². The summed E-state index contributed by atoms with van der Waals surface area (Å²) in [5, 5.41) is 3.12. The molecule has 0 saturated carbocycles. The second-order valence-electron chi connectivity index (χ2n) is 6.44. The van der Waals surface area contributed by atoms with Crippen molar-refractivity contribution in [3.05, 3.63) is 29.3 Å². The lowest BCUT2D eigenvalue weighted by molar-refractivity contribution is -0.121. The molecule has 132 valence electrons. The molecule has 1 saturated heterocycles. The maximum Gasteiger partial charge on any atom is 0.224 e. The number of likely N-dealkylation sites (tertiary alicyclic amines) is 1. The van der Waals surface area contributed by atoms with Crippen LogP contribution in [-0.2, 0) is 11.2 Å². The first kappa shape index (κ1) is 18.5. The van der Waals surface area contributed by atoms with Crippen LogP contribution >= 0.6 is 0 Å². The summed E-state index contributed by atoms with van der Waals surface area (Å²) in [5.74, 6) is 0.600. The molecule has 1 aliphatic heterocycles. The van der Waals surface area contributed by atoms with Gasteiger partial charge in [-0.15, -0.1) is 0 Å². The van der Waals surface area contributed by atoms with Crippen molar-refractivity contribution in [1.29, 1.82) is 0 Å². The second-order valence-corrected chi connectivity index (χ2v) is 6.44. The van der Waals surface area contributed by atoms with Gasteiger partial charge in [0.25, 0.3) is 0 Å². The fraction of sp³-hybridized carbons (Fsp3) is 0.579. The number of hydrogen-bond donors (Lipinski definition) is 1. The number of nitrogens with one attached hydrogen (secondary N) is 1. The number of carbonyl (C=O) groups is 2. The molecule has 1 aromatic carbocycles. The average molecular weight is 332 g/mol. The molecule has 5 nitrogen and oxygen atoms in total. The van der Waals surface area contributed by atoms with Crippen LogP contribution in [0.3, 0.4) is 0 Å². The number of rotatable bonds is 8. The predicted octanol–water partition coefficient (Wildman–Crippen LogP) is 2.43. The fourth-order valence-electron chi connectivity index (χ4n) is 3.14. The van der Waals surface area contributed by atoms with Crippen LogP contribution < -0.4 is 10.1 Å². The lowest BCUT2D eigenvalue weighted by atomic mass is 10.0. The zero-order chi connectivity index (χ0) is 17.5. The minimum Gasteiger partial charge on any atom is -0.496 e. The Morgan fingerprint density at radius 1 is 1.29 bits per heavy atom. The minimum absolute atomic E-state index is 0.0141. The number of carbonyl (C=O) groups excluding carboxylic acids is 2. The van der Waals surface area contributed by atoms with Gasteiger partial charge in [0.1, 0.15) is 5.75 Å². The minimum atomic E-state index is -0.0277. The molecule has 0 aliphatic carbocycles. The number of ketones is 1. The first-order valence-corrected chi connectivity index (χ1v) is 8.73. The molecule has 2 rings (SSSR count). The summed E-state index contributed by atoms with van der Waals surface area (Å²) in [6, 6.07) is 5.39. The van der Waals surface area contributed by atoms with Crippen LogP contribution in [0.15, 0.2) is 18.2 Å². The Balaban J connectivity index is 1.99. The molecule has 1 heterocycles. The van der Waals surface area contributed by atoms with Gasteiger partial charge < -0.3 is 15.0 Å². The Kier molecular flexibility index (Phi) is 6.79. The molecule has 1 amide bonds. The van der Waals surface area contributed by atoms with E-state index in [-0.39, 0.29) is 24.2 Å². The van der Waals surface area contributed by atoms with Gasteiger partial charge in [0.05, 0.1) is 13.5 Å². The highest BCUT2D eigenvalue weighted by Gasteiger charge is 2.19. The van der Waals surface area contributed by atoms with Gasteiger partial charge in [-0.05, 0) is 57.5 Å². The van der Waals surface area contributed by atoms with E-state index in [0.717, 1.165) is 31.6 Å². The molecule has 1 aliphatic rings. The Morgan fingerprint density at radius 2 is 2.00 bits per heavy atom. The quantitative estimate of drug-likeness (QED) is 0.743. The summed E-state index contributed by atoms with van der Waals surface area (Å²) in [4.78, 5) is 26.4. The van der Waals surface area contributed by atoms with E-state index in [9.17, 15) is 9.59 Å². The van der Waals surface area contributed by atoms with Crippen LogP contribution in [0.5, 0.6) is 5.75 Å². The van der Waals surface area contributed by atoms with E-state index in [1.807, 2.05) is 0 Å². The number of hydrogen-bond acceptors (Lipinski definition) is 4. The number of ether oxygens (including phenoxy) is 1. The van der Waals surface area contributed by atoms with Crippen molar-refractivity contribution >= 4 is 11.7 Å². The molecule has 1 aromatic rings. The number of Topliss-reactive ketones (excluding diaryl/α,β-unsaturated/α-hetero) is 1. The molecule has 1 N–H and O–H groups in total. The lowest BCUT2D eigenvalue weighted by Gasteiger charge is -2.23. The van der Waals surface area contributed by atoms with E-state index in [4.69, 9.17) is 4.74 Å². The zero-order valence-electron chi connectivity index (χ0n) is 14.9. The summed E-state index contributed by atoms with van der Waals surface area (Å²) < 4.78 is 5.32. The summed E-state index contributed by atoms with van der Waals surface area (Å²) in [6.45, 7) is 6.78. The number of amides is 1. The normalized spacial score (nSPS) is 16.0. The molecule has 0 aromatic heterocycles. The molecule has 1 atom stereocenters. The van der Waals surface area contributed by atoms with E-state index < -0.39 is 0 Å². The van der Waals surface area contributed by atoms with Gasteiger partial charge in [0.2, 0.25) is 5.91 Å². The van der Waals surface area contributed by atoms with Gasteiger partial charge in [-0.1, -0.05) is 6.92 Å². The molecular formula is C19H28N2O3. The van der Waals surface area contributed by atoms with E-state index >= 15 is 0 Å². The van der Waals surface area contributed by atoms with Crippen molar-refractivity contribution in [2.45, 2.75) is 45.6 Å². The zero-order valence-corrected chi connectivity index (χ0v) is 14.9. The summed E-state index contributed by atoms with van der Waals surface area (Å²) in [6.07, 6.45) is 3.63. The van der Waals surface area contributed by atoms with E-state index in [1.54, 1.807) is 25.3 Å². The molecule has 0 bridgehead atoms. The Labute approximate surface area is 144 Å². The van der Waals surface area contributed by atoms with E-state index in [0.29, 0.717) is 11.3 Å². The molecule has 0 spiro atoms. The summed E-state index contributed by atoms with van der Waals surface area (Å²) >= 11 is 0. The first-order chi connectivity index (χ1) is 11.5. The maximum atomic E-state index is 12.4. The average Bonchev–Trinajstić information content (AvgIpc) is 3.07. The van der Waals surface area contributed by atoms with Crippen LogP contribution in [0.4, 0.5) is 0 Å². The van der Waals surface area contributed by atoms with Crippen molar-refractivity contribution in [3.63, 3.8) is 0 Å². The third-order valence-corrected chi connectivity index (χ3v) is 4.57. The van der Waals surface area contributed by atoms with Crippen LogP contribution in [0, 0.1) is 0 Å². The monoisotopic (exact) mass is 332 g/mol. The standard InChI is InChI=1S/C19H28N2O3/c1-4-17(13-21-9-5-6-10-21)20-19(23)12-16-11-15(14(2)22)7-8-18(16)24-3/h7-8,11,17H,4-6,9-10,12-13H2,1-3H3,(H,20,23)/t17-/m0/s1. The van der Waals surface area contributed by atoms with Crippen LogP contribution in [0.1, 0.15) is 49.0 Å². The SMILES string of the molecule is CC[C@@H](CN1CCCC1)NC(=O)Cc1cc(C(C)=O)ccc1OC. The van der Waals surface area contributed by atoms with E-state index in [1.165, 1.54) is 19.8 Å². The molecule has 24 heavy (non-hydrogen) atoms. The fourth-order valence-corrected chi connectivity index (χ4v) is 3.14. The molecular weight excluding hydrogens is 304 g/mol. The number of benzene rings is 1. The summed E-state index contributed by atoms with van der Waals surface area (Å²) in [7, 11) is 1.58. The smallest absolute Gasteiger partial charge is 0.224 e. The molecule has 5 heteroatoms. The van der Waals surface area contributed by atoms with Crippen molar-refractivity contribution < 1.29 is 14.3 Å². The topological polar surface area (TPSA) is 58.6 Å². The third kappa shape index (κ3) is 5.06. The first-order valence-electron chi connectivity index (χ1n) is 8.73. The number of methoxy groups -OCH3 is 1. The Morgan fingerprint density at radius 3 is 2.58 bits per heavy atom. The van der Waals surface area contributed by atoms with Crippen molar-refractivity contribution in [2.75, 3.05) is 26.7 Å². The predicted molar refractivity (Wildman–Crippen MR) is 94.6 cm³/mol. The lowest BCUT2D eigenvalue weighted by Crippen LogP contribution is -2.43. The summed E-state index contributed by atoms with van der Waals surface area (Å²) in [5.41, 5.74) is 1.35. The van der Waals surface area contributed by atoms with E-state index in [2.05, 4.69) is 17.1 Å². The highest BCUT2D eigenvalue weighted by molar-refractivity contribution is 5.94. The van der Waals surface area contributed by atoms with Crippen molar-refractivity contribution in [3.8, 4) is 5.75 Å². The molecule has 0 radical (unpaired) electrons.